The van der Waals surface area contributed by atoms with Crippen molar-refractivity contribution in [2.75, 3.05) is 0 Å². The van der Waals surface area contributed by atoms with Gasteiger partial charge in [-0.25, -0.2) is 13.9 Å². The molecule has 0 aliphatic carbocycles. The summed E-state index contributed by atoms with van der Waals surface area (Å²) in [7, 11) is 0. The largest absolute Gasteiger partial charge is 0.480 e. The normalized spacial score (nSPS) is 12.4. The lowest BCUT2D eigenvalue weighted by atomic mass is 10.1. The van der Waals surface area contributed by atoms with Gasteiger partial charge in [-0.1, -0.05) is 6.07 Å². The van der Waals surface area contributed by atoms with Gasteiger partial charge in [-0.2, -0.15) is 0 Å². The minimum atomic E-state index is -1.06. The molecule has 0 fully saturated rings. The smallest absolute Gasteiger partial charge is 0.328 e. The van der Waals surface area contributed by atoms with Crippen molar-refractivity contribution in [2.24, 2.45) is 0 Å². The van der Waals surface area contributed by atoms with E-state index in [0.717, 1.165) is 10.2 Å². The van der Waals surface area contributed by atoms with Crippen molar-refractivity contribution >= 4 is 5.97 Å². The first-order chi connectivity index (χ1) is 8.50. The Morgan fingerprint density at radius 3 is 2.89 bits per heavy atom. The highest BCUT2D eigenvalue weighted by Gasteiger charge is 2.21. The van der Waals surface area contributed by atoms with Crippen molar-refractivity contribution in [3.8, 4) is 11.4 Å². The lowest BCUT2D eigenvalue weighted by molar-refractivity contribution is -0.140. The van der Waals surface area contributed by atoms with Gasteiger partial charge in [0, 0.05) is 5.56 Å². The zero-order valence-electron chi connectivity index (χ0n) is 9.83. The number of aromatic nitrogens is 4. The second-order valence-corrected chi connectivity index (χ2v) is 3.92. The summed E-state index contributed by atoms with van der Waals surface area (Å²) in [6.07, 6.45) is 0. The molecule has 7 heteroatoms. The molecular weight excluding hydrogens is 239 g/mol. The van der Waals surface area contributed by atoms with Crippen molar-refractivity contribution in [3.05, 3.63) is 29.6 Å². The fourth-order valence-electron chi connectivity index (χ4n) is 1.57. The topological polar surface area (TPSA) is 80.9 Å². The Labute approximate surface area is 102 Å². The molecule has 2 aromatic rings. The lowest BCUT2D eigenvalue weighted by Crippen LogP contribution is -2.18. The first-order valence-corrected chi connectivity index (χ1v) is 5.28. The Hall–Kier alpha value is -2.31. The van der Waals surface area contributed by atoms with Crippen molar-refractivity contribution in [1.82, 2.24) is 20.2 Å². The molecule has 1 aromatic carbocycles. The highest BCUT2D eigenvalue weighted by Crippen LogP contribution is 2.23. The Kier molecular flexibility index (Phi) is 3.05. The van der Waals surface area contributed by atoms with Crippen LogP contribution in [0.15, 0.2) is 18.2 Å². The molecule has 1 atom stereocenters. The van der Waals surface area contributed by atoms with Crippen LogP contribution in [0.2, 0.25) is 0 Å². The highest BCUT2D eigenvalue weighted by atomic mass is 19.1. The van der Waals surface area contributed by atoms with Gasteiger partial charge in [-0.05, 0) is 42.0 Å². The molecule has 0 aliphatic rings. The van der Waals surface area contributed by atoms with Crippen molar-refractivity contribution in [2.45, 2.75) is 19.9 Å². The number of nitrogens with zero attached hydrogens (tertiary/aromatic N) is 4. The molecule has 6 nitrogen and oxygen atoms in total. The molecule has 0 saturated heterocycles. The number of carboxylic acid groups (broad SMARTS) is 1. The zero-order chi connectivity index (χ0) is 13.3. The van der Waals surface area contributed by atoms with Gasteiger partial charge in [0.25, 0.3) is 0 Å². The van der Waals surface area contributed by atoms with Gasteiger partial charge in [0.15, 0.2) is 11.9 Å². The maximum atomic E-state index is 13.2. The predicted molar refractivity (Wildman–Crippen MR) is 60.3 cm³/mol. The molecule has 0 aliphatic heterocycles. The van der Waals surface area contributed by atoms with Crippen LogP contribution >= 0.6 is 0 Å². The van der Waals surface area contributed by atoms with E-state index in [-0.39, 0.29) is 5.82 Å². The van der Waals surface area contributed by atoms with Crippen LogP contribution in [0.4, 0.5) is 4.39 Å². The summed E-state index contributed by atoms with van der Waals surface area (Å²) >= 11 is 0. The number of aliphatic carboxylic acids is 1. The summed E-state index contributed by atoms with van der Waals surface area (Å²) in [4.78, 5) is 10.9. The van der Waals surface area contributed by atoms with Crippen LogP contribution in [-0.4, -0.2) is 31.3 Å². The maximum Gasteiger partial charge on any atom is 0.328 e. The quantitative estimate of drug-likeness (QED) is 0.891. The number of carboxylic acids is 1. The molecule has 2 rings (SSSR count). The van der Waals surface area contributed by atoms with Crippen LogP contribution in [0.1, 0.15) is 18.5 Å². The Morgan fingerprint density at radius 1 is 1.50 bits per heavy atom. The average Bonchev–Trinajstić information content (AvgIpc) is 2.80. The van der Waals surface area contributed by atoms with E-state index >= 15 is 0 Å². The van der Waals surface area contributed by atoms with Gasteiger partial charge in [0.2, 0.25) is 0 Å². The van der Waals surface area contributed by atoms with E-state index in [9.17, 15) is 9.18 Å². The van der Waals surface area contributed by atoms with E-state index in [1.54, 1.807) is 13.0 Å². The first-order valence-electron chi connectivity index (χ1n) is 5.28. The molecule has 1 N–H and O–H groups in total. The van der Waals surface area contributed by atoms with Crippen LogP contribution < -0.4 is 0 Å². The number of aryl methyl sites for hydroxylation is 1. The summed E-state index contributed by atoms with van der Waals surface area (Å²) in [6.45, 7) is 3.23. The second-order valence-electron chi connectivity index (χ2n) is 3.92. The van der Waals surface area contributed by atoms with Crippen LogP contribution in [0.5, 0.6) is 0 Å². The van der Waals surface area contributed by atoms with Crippen LogP contribution in [0.3, 0.4) is 0 Å². The number of tetrazole rings is 1. The molecule has 0 amide bonds. The summed E-state index contributed by atoms with van der Waals surface area (Å²) in [5, 5.41) is 19.8. The third-order valence-electron chi connectivity index (χ3n) is 2.66. The fourth-order valence-corrected chi connectivity index (χ4v) is 1.57. The number of carbonyl (C=O) groups is 1. The number of benzene rings is 1. The summed E-state index contributed by atoms with van der Waals surface area (Å²) in [6, 6.07) is 3.28. The van der Waals surface area contributed by atoms with E-state index in [1.807, 2.05) is 0 Å². The van der Waals surface area contributed by atoms with E-state index in [1.165, 1.54) is 19.1 Å². The van der Waals surface area contributed by atoms with Gasteiger partial charge in [0.1, 0.15) is 5.82 Å². The van der Waals surface area contributed by atoms with Gasteiger partial charge in [-0.15, -0.1) is 5.10 Å². The SMILES string of the molecule is Cc1ccc(F)cc1-c1nnnn1C(C)C(=O)O. The first kappa shape index (κ1) is 12.2. The number of halogens is 1. The van der Waals surface area contributed by atoms with Gasteiger partial charge >= 0.3 is 5.97 Å². The molecule has 0 radical (unpaired) electrons. The minimum absolute atomic E-state index is 0.238. The number of hydrogen-bond donors (Lipinski definition) is 1. The zero-order valence-corrected chi connectivity index (χ0v) is 9.83. The molecule has 94 valence electrons. The van der Waals surface area contributed by atoms with Crippen molar-refractivity contribution in [3.63, 3.8) is 0 Å². The third kappa shape index (κ3) is 2.06. The average molecular weight is 250 g/mol. The minimum Gasteiger partial charge on any atom is -0.480 e. The van der Waals surface area contributed by atoms with Gasteiger partial charge < -0.3 is 5.11 Å². The molecule has 18 heavy (non-hydrogen) atoms. The van der Waals surface area contributed by atoms with Gasteiger partial charge in [0.05, 0.1) is 0 Å². The summed E-state index contributed by atoms with van der Waals surface area (Å²) in [5.41, 5.74) is 1.25. The molecule has 1 heterocycles. The van der Waals surface area contributed by atoms with E-state index in [0.29, 0.717) is 5.56 Å². The van der Waals surface area contributed by atoms with Crippen LogP contribution in [0.25, 0.3) is 11.4 Å². The Bertz CT molecular complexity index is 596. The van der Waals surface area contributed by atoms with E-state index < -0.39 is 17.8 Å². The molecule has 1 unspecified atom stereocenters. The number of rotatable bonds is 3. The summed E-state index contributed by atoms with van der Waals surface area (Å²) < 4.78 is 14.4. The third-order valence-corrected chi connectivity index (χ3v) is 2.66. The Balaban J connectivity index is 2.55. The molecule has 0 saturated carbocycles. The number of hydrogen-bond acceptors (Lipinski definition) is 4. The fraction of sp³-hybridized carbons (Fsp3) is 0.273. The second kappa shape index (κ2) is 4.52. The predicted octanol–water partition coefficient (Wildman–Crippen LogP) is 1.43. The monoisotopic (exact) mass is 250 g/mol. The van der Waals surface area contributed by atoms with Gasteiger partial charge in [-0.3, -0.25) is 0 Å². The van der Waals surface area contributed by atoms with Crippen LogP contribution in [0, 0.1) is 12.7 Å². The van der Waals surface area contributed by atoms with Crippen molar-refractivity contribution in [1.29, 1.82) is 0 Å². The maximum absolute atomic E-state index is 13.2. The Morgan fingerprint density at radius 2 is 2.22 bits per heavy atom. The standard InChI is InChI=1S/C11H11FN4O2/c1-6-3-4-8(12)5-9(6)10-13-14-15-16(10)7(2)11(17)18/h3-5,7H,1-2H3,(H,17,18). The molecule has 0 bridgehead atoms. The van der Waals surface area contributed by atoms with Crippen molar-refractivity contribution < 1.29 is 14.3 Å². The van der Waals surface area contributed by atoms with Crippen LogP contribution in [-0.2, 0) is 4.79 Å². The summed E-state index contributed by atoms with van der Waals surface area (Å²) in [5.74, 6) is -1.24. The molecule has 1 aromatic heterocycles. The highest BCUT2D eigenvalue weighted by molar-refractivity contribution is 5.72. The lowest BCUT2D eigenvalue weighted by Gasteiger charge is -2.10. The molecule has 0 spiro atoms. The van der Waals surface area contributed by atoms with E-state index in [4.69, 9.17) is 5.11 Å². The van der Waals surface area contributed by atoms with E-state index in [2.05, 4.69) is 15.5 Å². The molecular formula is C11H11FN4O2.